The van der Waals surface area contributed by atoms with Crippen molar-refractivity contribution >= 4 is 21.8 Å². The van der Waals surface area contributed by atoms with Gasteiger partial charge in [0.15, 0.2) is 6.54 Å². The first-order valence-electron chi connectivity index (χ1n) is 9.47. The lowest BCUT2D eigenvalue weighted by Crippen LogP contribution is -3.15. The molecule has 0 unspecified atom stereocenters. The molecule has 0 saturated carbocycles. The Kier molecular flexibility index (Phi) is 6.31. The Morgan fingerprint density at radius 1 is 1.11 bits per heavy atom. The summed E-state index contributed by atoms with van der Waals surface area (Å²) in [6.45, 7) is 2.28. The van der Waals surface area contributed by atoms with Crippen molar-refractivity contribution in [3.63, 3.8) is 0 Å². The minimum Gasteiger partial charge on any atom is -0.368 e. The number of likely N-dealkylation sites (tertiary alicyclic amines) is 1. The second-order valence-electron chi connectivity index (χ2n) is 7.29. The molecule has 1 atom stereocenters. The third-order valence-electron chi connectivity index (χ3n) is 5.43. The van der Waals surface area contributed by atoms with E-state index in [9.17, 15) is 22.4 Å². The zero-order valence-electron chi connectivity index (χ0n) is 15.6. The SMILES string of the molecule is NC(=O)[C@H]1CCCCN1C(=O)C[NH+]1CCN(S(=O)(=O)c2ccc(F)cc2)CC1. The van der Waals surface area contributed by atoms with Crippen molar-refractivity contribution in [2.45, 2.75) is 30.2 Å². The van der Waals surface area contributed by atoms with Crippen LogP contribution in [-0.2, 0) is 19.6 Å². The number of carbonyl (C=O) groups excluding carboxylic acids is 2. The summed E-state index contributed by atoms with van der Waals surface area (Å²) in [4.78, 5) is 26.8. The van der Waals surface area contributed by atoms with Crippen LogP contribution in [0.25, 0.3) is 0 Å². The number of carbonyl (C=O) groups is 2. The van der Waals surface area contributed by atoms with Crippen LogP contribution in [0.2, 0.25) is 0 Å². The number of sulfonamides is 1. The number of piperidine rings is 1. The van der Waals surface area contributed by atoms with Crippen molar-refractivity contribution in [1.29, 1.82) is 0 Å². The van der Waals surface area contributed by atoms with Crippen molar-refractivity contribution < 1.29 is 27.3 Å². The van der Waals surface area contributed by atoms with E-state index in [4.69, 9.17) is 5.73 Å². The largest absolute Gasteiger partial charge is 0.368 e. The molecule has 3 rings (SSSR count). The molecule has 28 heavy (non-hydrogen) atoms. The molecule has 8 nitrogen and oxygen atoms in total. The summed E-state index contributed by atoms with van der Waals surface area (Å²) < 4.78 is 39.7. The Hall–Kier alpha value is -2.04. The average Bonchev–Trinajstić information content (AvgIpc) is 2.68. The molecular formula is C18H26FN4O4S+. The van der Waals surface area contributed by atoms with Gasteiger partial charge < -0.3 is 15.5 Å². The monoisotopic (exact) mass is 413 g/mol. The van der Waals surface area contributed by atoms with Gasteiger partial charge in [0.25, 0.3) is 5.91 Å². The summed E-state index contributed by atoms with van der Waals surface area (Å²) in [5, 5.41) is 0. The molecule has 2 aliphatic heterocycles. The van der Waals surface area contributed by atoms with Gasteiger partial charge in [-0.25, -0.2) is 12.8 Å². The predicted octanol–water partition coefficient (Wildman–Crippen LogP) is -1.42. The van der Waals surface area contributed by atoms with Crippen LogP contribution in [0, 0.1) is 5.82 Å². The summed E-state index contributed by atoms with van der Waals surface area (Å²) >= 11 is 0. The molecule has 3 N–H and O–H groups in total. The molecule has 0 spiro atoms. The van der Waals surface area contributed by atoms with Gasteiger partial charge in [-0.15, -0.1) is 0 Å². The normalized spacial score (nSPS) is 22.2. The van der Waals surface area contributed by atoms with Crippen LogP contribution < -0.4 is 10.6 Å². The lowest BCUT2D eigenvalue weighted by molar-refractivity contribution is -0.896. The summed E-state index contributed by atoms with van der Waals surface area (Å²) in [6, 6.07) is 4.23. The van der Waals surface area contributed by atoms with Crippen LogP contribution in [0.4, 0.5) is 4.39 Å². The van der Waals surface area contributed by atoms with E-state index >= 15 is 0 Å². The first-order chi connectivity index (χ1) is 13.3. The second kappa shape index (κ2) is 8.54. The fraction of sp³-hybridized carbons (Fsp3) is 0.556. The molecular weight excluding hydrogens is 387 g/mol. The molecule has 2 amide bonds. The lowest BCUT2D eigenvalue weighted by atomic mass is 10.0. The van der Waals surface area contributed by atoms with Crippen molar-refractivity contribution in [3.8, 4) is 0 Å². The number of nitrogens with two attached hydrogens (primary N) is 1. The Morgan fingerprint density at radius 2 is 1.75 bits per heavy atom. The number of quaternary nitrogens is 1. The van der Waals surface area contributed by atoms with Gasteiger partial charge >= 0.3 is 0 Å². The average molecular weight is 413 g/mol. The zero-order valence-corrected chi connectivity index (χ0v) is 16.5. The quantitative estimate of drug-likeness (QED) is 0.618. The first kappa shape index (κ1) is 20.7. The van der Waals surface area contributed by atoms with Crippen molar-refractivity contribution in [3.05, 3.63) is 30.1 Å². The highest BCUT2D eigenvalue weighted by Crippen LogP contribution is 2.17. The summed E-state index contributed by atoms with van der Waals surface area (Å²) in [5.74, 6) is -1.08. The minimum atomic E-state index is -3.67. The second-order valence-corrected chi connectivity index (χ2v) is 9.22. The number of hydrogen-bond acceptors (Lipinski definition) is 4. The smallest absolute Gasteiger partial charge is 0.278 e. The Labute approximate surface area is 164 Å². The summed E-state index contributed by atoms with van der Waals surface area (Å²) in [7, 11) is -3.67. The highest BCUT2D eigenvalue weighted by Gasteiger charge is 2.35. The molecule has 1 aromatic rings. The third-order valence-corrected chi connectivity index (χ3v) is 7.35. The molecule has 0 radical (unpaired) electrons. The molecule has 0 aromatic heterocycles. The number of rotatable bonds is 5. The Morgan fingerprint density at radius 3 is 2.36 bits per heavy atom. The molecule has 2 aliphatic rings. The number of nitrogens with one attached hydrogen (secondary N) is 1. The minimum absolute atomic E-state index is 0.0612. The molecule has 0 bridgehead atoms. The fourth-order valence-corrected chi connectivity index (χ4v) is 5.26. The highest BCUT2D eigenvalue weighted by atomic mass is 32.2. The van der Waals surface area contributed by atoms with Crippen LogP contribution in [0.3, 0.4) is 0 Å². The first-order valence-corrected chi connectivity index (χ1v) is 10.9. The Bertz CT molecular complexity index is 822. The van der Waals surface area contributed by atoms with E-state index in [1.54, 1.807) is 4.90 Å². The predicted molar refractivity (Wildman–Crippen MR) is 99.3 cm³/mol. The van der Waals surface area contributed by atoms with E-state index in [0.29, 0.717) is 26.1 Å². The van der Waals surface area contributed by atoms with Gasteiger partial charge in [-0.05, 0) is 43.5 Å². The Balaban J connectivity index is 1.57. The van der Waals surface area contributed by atoms with Crippen molar-refractivity contribution in [2.24, 2.45) is 5.73 Å². The molecule has 1 aromatic carbocycles. The zero-order chi connectivity index (χ0) is 20.3. The van der Waals surface area contributed by atoms with Gasteiger partial charge in [0.1, 0.15) is 11.9 Å². The number of benzene rings is 1. The van der Waals surface area contributed by atoms with E-state index in [1.807, 2.05) is 0 Å². The van der Waals surface area contributed by atoms with E-state index < -0.39 is 27.8 Å². The van der Waals surface area contributed by atoms with Crippen LogP contribution in [0.15, 0.2) is 29.2 Å². The van der Waals surface area contributed by atoms with Gasteiger partial charge in [-0.1, -0.05) is 0 Å². The molecule has 2 saturated heterocycles. The van der Waals surface area contributed by atoms with E-state index in [0.717, 1.165) is 29.9 Å². The van der Waals surface area contributed by atoms with Gasteiger partial charge in [0.2, 0.25) is 15.9 Å². The number of amides is 2. The maximum atomic E-state index is 13.0. The van der Waals surface area contributed by atoms with E-state index in [1.165, 1.54) is 16.4 Å². The van der Waals surface area contributed by atoms with Crippen molar-refractivity contribution in [2.75, 3.05) is 39.3 Å². The number of halogens is 1. The third kappa shape index (κ3) is 4.50. The maximum absolute atomic E-state index is 13.0. The molecule has 154 valence electrons. The number of primary amides is 1. The maximum Gasteiger partial charge on any atom is 0.278 e. The highest BCUT2D eigenvalue weighted by molar-refractivity contribution is 7.89. The number of nitrogens with zero attached hydrogens (tertiary/aromatic N) is 2. The molecule has 2 fully saturated rings. The fourth-order valence-electron chi connectivity index (χ4n) is 3.82. The van der Waals surface area contributed by atoms with Gasteiger partial charge in [-0.3, -0.25) is 9.59 Å². The van der Waals surface area contributed by atoms with Gasteiger partial charge in [0.05, 0.1) is 31.1 Å². The van der Waals surface area contributed by atoms with E-state index in [-0.39, 0.29) is 30.4 Å². The van der Waals surface area contributed by atoms with Gasteiger partial charge in [-0.2, -0.15) is 4.31 Å². The standard InChI is InChI=1S/C18H25FN4O4S/c19-14-4-6-15(7-5-14)28(26,27)22-11-9-21(10-12-22)13-17(24)23-8-2-1-3-16(23)18(20)25/h4-7,16H,1-3,8-13H2,(H2,20,25)/p+1/t16-/m1/s1. The summed E-state index contributed by atoms with van der Waals surface area (Å²) in [5.41, 5.74) is 5.42. The number of hydrogen-bond donors (Lipinski definition) is 2. The van der Waals surface area contributed by atoms with Crippen molar-refractivity contribution in [1.82, 2.24) is 9.21 Å². The van der Waals surface area contributed by atoms with Gasteiger partial charge in [0, 0.05) is 6.54 Å². The summed E-state index contributed by atoms with van der Waals surface area (Å²) in [6.07, 6.45) is 2.33. The van der Waals surface area contributed by atoms with Crippen LogP contribution >= 0.6 is 0 Å². The molecule has 10 heteroatoms. The van der Waals surface area contributed by atoms with Crippen LogP contribution in [0.5, 0.6) is 0 Å². The van der Waals surface area contributed by atoms with E-state index in [2.05, 4.69) is 0 Å². The topological polar surface area (TPSA) is 105 Å². The van der Waals surface area contributed by atoms with Crippen LogP contribution in [0.1, 0.15) is 19.3 Å². The number of piperazine rings is 1. The van der Waals surface area contributed by atoms with Crippen LogP contribution in [-0.4, -0.2) is 74.7 Å². The lowest BCUT2D eigenvalue weighted by Gasteiger charge is -2.36. The molecule has 0 aliphatic carbocycles. The molecule has 2 heterocycles.